The van der Waals surface area contributed by atoms with Gasteiger partial charge in [0.15, 0.2) is 5.94 Å². The Kier molecular flexibility index (Phi) is 6.01. The zero-order valence-corrected chi connectivity index (χ0v) is 17.9. The van der Waals surface area contributed by atoms with Crippen LogP contribution in [-0.4, -0.2) is 34.8 Å². The van der Waals surface area contributed by atoms with E-state index < -0.39 is 11.7 Å². The molecular weight excluding hydrogens is 412 g/mol. The molecule has 1 aliphatic heterocycles. The first-order valence-electron chi connectivity index (χ1n) is 10.4. The molecule has 3 N–H and O–H groups in total. The molecule has 3 heterocycles. The summed E-state index contributed by atoms with van der Waals surface area (Å²) >= 11 is 0. The predicted octanol–water partition coefficient (Wildman–Crippen LogP) is 3.87. The number of hydrogen-bond donors (Lipinski definition) is 3. The second kappa shape index (κ2) is 8.88. The van der Waals surface area contributed by atoms with Gasteiger partial charge in [0.05, 0.1) is 18.9 Å². The molecule has 8 nitrogen and oxygen atoms in total. The third-order valence-electron chi connectivity index (χ3n) is 5.47. The summed E-state index contributed by atoms with van der Waals surface area (Å²) in [6.45, 7) is 2.04. The normalized spacial score (nSPS) is 18.2. The van der Waals surface area contributed by atoms with Crippen LogP contribution in [0.15, 0.2) is 58.4 Å². The van der Waals surface area contributed by atoms with E-state index in [2.05, 4.69) is 10.5 Å². The van der Waals surface area contributed by atoms with Crippen molar-refractivity contribution in [2.24, 2.45) is 0 Å². The molecule has 0 spiro atoms. The van der Waals surface area contributed by atoms with Gasteiger partial charge in [0.2, 0.25) is 11.5 Å². The first-order valence-corrected chi connectivity index (χ1v) is 10.4. The standard InChI is InChI=1S/C24H24N2O6/c1-3-4-5-10-24(29)22(21(20(14-27)32-24)23(28)26-30-2)18-13-16-12-15(8-9-17(16)25-18)19-7-6-11-31-19/h6-9,11-13,25,29H,3-5,10H2,1-2H3,(H,26,28). The number of aliphatic hydroxyl groups is 1. The quantitative estimate of drug-likeness (QED) is 0.281. The highest BCUT2D eigenvalue weighted by Gasteiger charge is 2.48. The van der Waals surface area contributed by atoms with E-state index in [9.17, 15) is 14.7 Å². The third-order valence-corrected chi connectivity index (χ3v) is 5.47. The number of aromatic nitrogens is 1. The molecule has 0 fully saturated rings. The Morgan fingerprint density at radius 3 is 2.81 bits per heavy atom. The summed E-state index contributed by atoms with van der Waals surface area (Å²) in [6.07, 6.45) is 4.25. The fraction of sp³-hybridized carbons (Fsp3) is 0.292. The number of furan rings is 1. The van der Waals surface area contributed by atoms with E-state index in [0.29, 0.717) is 12.1 Å². The molecule has 0 bridgehead atoms. The lowest BCUT2D eigenvalue weighted by Gasteiger charge is -2.25. The molecule has 4 rings (SSSR count). The minimum absolute atomic E-state index is 0.112. The largest absolute Gasteiger partial charge is 0.464 e. The Balaban J connectivity index is 1.86. The number of benzene rings is 1. The van der Waals surface area contributed by atoms with Gasteiger partial charge in [0.1, 0.15) is 11.3 Å². The molecule has 0 aliphatic carbocycles. The van der Waals surface area contributed by atoms with Gasteiger partial charge < -0.3 is 19.2 Å². The number of hydroxylamine groups is 1. The molecule has 0 radical (unpaired) electrons. The van der Waals surface area contributed by atoms with Gasteiger partial charge in [-0.25, -0.2) is 10.3 Å². The van der Waals surface area contributed by atoms with Gasteiger partial charge >= 0.3 is 0 Å². The van der Waals surface area contributed by atoms with E-state index in [-0.39, 0.29) is 23.3 Å². The fourth-order valence-corrected chi connectivity index (χ4v) is 4.01. The lowest BCUT2D eigenvalue weighted by Crippen LogP contribution is -2.30. The highest BCUT2D eigenvalue weighted by Crippen LogP contribution is 2.45. The topological polar surface area (TPSA) is 114 Å². The summed E-state index contributed by atoms with van der Waals surface area (Å²) < 4.78 is 11.1. The molecule has 0 saturated heterocycles. The van der Waals surface area contributed by atoms with Crippen LogP contribution >= 0.6 is 0 Å². The fourth-order valence-electron chi connectivity index (χ4n) is 4.01. The van der Waals surface area contributed by atoms with Gasteiger partial charge in [-0.15, -0.1) is 0 Å². The van der Waals surface area contributed by atoms with Crippen molar-refractivity contribution in [2.75, 3.05) is 7.11 Å². The third kappa shape index (κ3) is 3.87. The Morgan fingerprint density at radius 2 is 2.12 bits per heavy atom. The van der Waals surface area contributed by atoms with Gasteiger partial charge in [0.25, 0.3) is 5.91 Å². The first kappa shape index (κ1) is 21.6. The van der Waals surface area contributed by atoms with Crippen LogP contribution < -0.4 is 5.48 Å². The number of carbonyl (C=O) groups excluding carboxylic acids is 2. The SMILES string of the molecule is CCCCCC1(O)OC(=C=O)C(C(=O)NOC)=C1c1cc2cc(-c3ccco3)ccc2[nH]1. The number of hydrogen-bond acceptors (Lipinski definition) is 6. The maximum absolute atomic E-state index is 12.7. The van der Waals surface area contributed by atoms with Crippen molar-refractivity contribution < 1.29 is 28.7 Å². The van der Waals surface area contributed by atoms with E-state index in [1.165, 1.54) is 7.11 Å². The molecular formula is C24H24N2O6. The molecule has 1 aliphatic rings. The van der Waals surface area contributed by atoms with Crippen LogP contribution in [0, 0.1) is 0 Å². The summed E-state index contributed by atoms with van der Waals surface area (Å²) in [6, 6.07) is 11.2. The Labute approximate surface area is 184 Å². The summed E-state index contributed by atoms with van der Waals surface area (Å²) in [5.41, 5.74) is 4.40. The number of carbonyl (C=O) groups is 1. The number of fused-ring (bicyclic) bond motifs is 1. The maximum Gasteiger partial charge on any atom is 0.280 e. The molecule has 3 aromatic rings. The molecule has 1 amide bonds. The summed E-state index contributed by atoms with van der Waals surface area (Å²) in [4.78, 5) is 32.3. The number of H-pyrrole nitrogens is 1. The van der Waals surface area contributed by atoms with Crippen molar-refractivity contribution in [3.05, 3.63) is 59.7 Å². The molecule has 166 valence electrons. The van der Waals surface area contributed by atoms with Crippen LogP contribution in [0.1, 0.15) is 38.3 Å². The Bertz CT molecular complexity index is 1220. The average Bonchev–Trinajstić information content (AvgIpc) is 3.50. The molecule has 0 saturated carbocycles. The number of nitrogens with one attached hydrogen (secondary N) is 2. The smallest absolute Gasteiger partial charge is 0.280 e. The highest BCUT2D eigenvalue weighted by molar-refractivity contribution is 6.09. The van der Waals surface area contributed by atoms with Gasteiger partial charge in [-0.2, -0.15) is 0 Å². The van der Waals surface area contributed by atoms with Crippen molar-refractivity contribution in [3.8, 4) is 11.3 Å². The molecule has 2 aromatic heterocycles. The predicted molar refractivity (Wildman–Crippen MR) is 117 cm³/mol. The number of rotatable bonds is 8. The highest BCUT2D eigenvalue weighted by atomic mass is 16.6. The van der Waals surface area contributed by atoms with Crippen molar-refractivity contribution in [1.29, 1.82) is 0 Å². The van der Waals surface area contributed by atoms with Crippen LogP contribution in [0.4, 0.5) is 0 Å². The van der Waals surface area contributed by atoms with Crippen molar-refractivity contribution >= 4 is 28.3 Å². The number of amides is 1. The lowest BCUT2D eigenvalue weighted by molar-refractivity contribution is -0.128. The maximum atomic E-state index is 12.7. The van der Waals surface area contributed by atoms with E-state index in [0.717, 1.165) is 35.1 Å². The van der Waals surface area contributed by atoms with E-state index in [1.54, 1.807) is 18.3 Å². The summed E-state index contributed by atoms with van der Waals surface area (Å²) in [7, 11) is 1.28. The van der Waals surface area contributed by atoms with Crippen LogP contribution in [0.2, 0.25) is 0 Å². The average molecular weight is 436 g/mol. The number of unbranched alkanes of at least 4 members (excludes halogenated alkanes) is 2. The first-order chi connectivity index (χ1) is 15.5. The second-order valence-electron chi connectivity index (χ2n) is 7.62. The van der Waals surface area contributed by atoms with Crippen molar-refractivity contribution in [3.63, 3.8) is 0 Å². The van der Waals surface area contributed by atoms with Crippen LogP contribution in [0.3, 0.4) is 0 Å². The van der Waals surface area contributed by atoms with E-state index in [1.807, 2.05) is 37.3 Å². The minimum atomic E-state index is -1.85. The Hall–Kier alpha value is -3.58. The second-order valence-corrected chi connectivity index (χ2v) is 7.62. The van der Waals surface area contributed by atoms with Crippen molar-refractivity contribution in [2.45, 2.75) is 38.4 Å². The molecule has 8 heteroatoms. The summed E-state index contributed by atoms with van der Waals surface area (Å²) in [5, 5.41) is 12.3. The number of ether oxygens (including phenoxy) is 1. The Morgan fingerprint density at radius 1 is 1.28 bits per heavy atom. The minimum Gasteiger partial charge on any atom is -0.464 e. The molecule has 1 unspecified atom stereocenters. The van der Waals surface area contributed by atoms with Gasteiger partial charge in [-0.3, -0.25) is 9.63 Å². The van der Waals surface area contributed by atoms with Gasteiger partial charge in [0, 0.05) is 28.6 Å². The van der Waals surface area contributed by atoms with Crippen molar-refractivity contribution in [1.82, 2.24) is 10.5 Å². The van der Waals surface area contributed by atoms with E-state index >= 15 is 0 Å². The number of aromatic amines is 1. The monoisotopic (exact) mass is 436 g/mol. The zero-order chi connectivity index (χ0) is 22.7. The molecule has 1 aromatic carbocycles. The van der Waals surface area contributed by atoms with E-state index in [4.69, 9.17) is 14.0 Å². The zero-order valence-electron chi connectivity index (χ0n) is 17.9. The van der Waals surface area contributed by atoms with Gasteiger partial charge in [-0.05, 0) is 42.8 Å². The molecule has 1 atom stereocenters. The molecule has 32 heavy (non-hydrogen) atoms. The van der Waals surface area contributed by atoms with Crippen LogP contribution in [0.5, 0.6) is 0 Å². The lowest BCUT2D eigenvalue weighted by atomic mass is 9.93. The van der Waals surface area contributed by atoms with Crippen LogP contribution in [-0.2, 0) is 19.2 Å². The summed E-state index contributed by atoms with van der Waals surface area (Å²) in [5.74, 6) is -0.552. The van der Waals surface area contributed by atoms with Crippen LogP contribution in [0.25, 0.3) is 27.8 Å². The van der Waals surface area contributed by atoms with Gasteiger partial charge in [-0.1, -0.05) is 19.8 Å².